The zero-order valence-corrected chi connectivity index (χ0v) is 15.0. The van der Waals surface area contributed by atoms with Gasteiger partial charge in [0.25, 0.3) is 5.91 Å². The topological polar surface area (TPSA) is 83.5 Å². The second kappa shape index (κ2) is 8.71. The summed E-state index contributed by atoms with van der Waals surface area (Å²) in [5.41, 5.74) is 2.44. The Bertz CT molecular complexity index is 911. The van der Waals surface area contributed by atoms with Crippen molar-refractivity contribution < 1.29 is 14.6 Å². The van der Waals surface area contributed by atoms with Crippen LogP contribution in [-0.4, -0.2) is 22.6 Å². The van der Waals surface area contributed by atoms with E-state index < -0.39 is 0 Å². The van der Waals surface area contributed by atoms with Crippen LogP contribution in [0.5, 0.6) is 11.5 Å². The molecule has 0 radical (unpaired) electrons. The van der Waals surface area contributed by atoms with E-state index >= 15 is 0 Å². The van der Waals surface area contributed by atoms with Crippen molar-refractivity contribution >= 4 is 23.1 Å². The van der Waals surface area contributed by atoms with E-state index in [0.29, 0.717) is 17.3 Å². The highest BCUT2D eigenvalue weighted by Crippen LogP contribution is 2.24. The number of pyridine rings is 1. The Morgan fingerprint density at radius 2 is 1.93 bits per heavy atom. The molecule has 3 aromatic rings. The van der Waals surface area contributed by atoms with Crippen molar-refractivity contribution in [2.24, 2.45) is 0 Å². The molecule has 3 rings (SSSR count). The number of aromatic hydroxyl groups is 1. The number of amides is 1. The van der Waals surface area contributed by atoms with E-state index in [-0.39, 0.29) is 18.3 Å². The number of carbonyl (C=O) groups is 1. The fourth-order valence-corrected chi connectivity index (χ4v) is 2.48. The molecule has 1 aromatic heterocycles. The molecule has 0 saturated heterocycles. The molecule has 0 aliphatic carbocycles. The summed E-state index contributed by atoms with van der Waals surface area (Å²) in [7, 11) is 0. The van der Waals surface area contributed by atoms with Crippen molar-refractivity contribution in [3.8, 4) is 11.5 Å². The number of carbonyl (C=O) groups excluding carboxylic acids is 1. The van der Waals surface area contributed by atoms with Crippen LogP contribution in [0.15, 0.2) is 66.9 Å². The SMILES string of the molecule is CCc1cccc(OCC(=O)Nc2cccnc2Nc2ccc(O)cc2)c1. The van der Waals surface area contributed by atoms with E-state index in [1.165, 1.54) is 0 Å². The lowest BCUT2D eigenvalue weighted by atomic mass is 10.2. The zero-order chi connectivity index (χ0) is 19.1. The summed E-state index contributed by atoms with van der Waals surface area (Å²) in [4.78, 5) is 16.5. The number of rotatable bonds is 7. The van der Waals surface area contributed by atoms with Crippen molar-refractivity contribution in [3.63, 3.8) is 0 Å². The lowest BCUT2D eigenvalue weighted by Gasteiger charge is -2.12. The van der Waals surface area contributed by atoms with E-state index in [4.69, 9.17) is 4.74 Å². The number of aryl methyl sites for hydroxylation is 1. The molecule has 138 valence electrons. The van der Waals surface area contributed by atoms with Gasteiger partial charge in [0.05, 0.1) is 5.69 Å². The number of phenols is 1. The molecule has 3 N–H and O–H groups in total. The minimum Gasteiger partial charge on any atom is -0.508 e. The molecule has 0 atom stereocenters. The Morgan fingerprint density at radius 3 is 2.70 bits per heavy atom. The average Bonchev–Trinajstić information content (AvgIpc) is 2.70. The van der Waals surface area contributed by atoms with Gasteiger partial charge in [-0.15, -0.1) is 0 Å². The monoisotopic (exact) mass is 363 g/mol. The average molecular weight is 363 g/mol. The molecule has 2 aromatic carbocycles. The van der Waals surface area contributed by atoms with Crippen molar-refractivity contribution in [2.75, 3.05) is 17.2 Å². The molecule has 0 spiro atoms. The van der Waals surface area contributed by atoms with Gasteiger partial charge in [-0.2, -0.15) is 0 Å². The molecule has 0 aliphatic rings. The van der Waals surface area contributed by atoms with Crippen LogP contribution in [0.1, 0.15) is 12.5 Å². The van der Waals surface area contributed by atoms with Crippen LogP contribution in [0.25, 0.3) is 0 Å². The highest BCUT2D eigenvalue weighted by atomic mass is 16.5. The summed E-state index contributed by atoms with van der Waals surface area (Å²) in [6, 6.07) is 17.8. The van der Waals surface area contributed by atoms with Gasteiger partial charge in [0.1, 0.15) is 11.5 Å². The summed E-state index contributed by atoms with van der Waals surface area (Å²) < 4.78 is 5.57. The number of benzene rings is 2. The van der Waals surface area contributed by atoms with Gasteiger partial charge >= 0.3 is 0 Å². The highest BCUT2D eigenvalue weighted by Gasteiger charge is 2.09. The first-order valence-corrected chi connectivity index (χ1v) is 8.66. The van der Waals surface area contributed by atoms with E-state index in [1.54, 1.807) is 42.6 Å². The minimum atomic E-state index is -0.279. The molecule has 6 heteroatoms. The molecule has 6 nitrogen and oxygen atoms in total. The second-order valence-corrected chi connectivity index (χ2v) is 5.91. The second-order valence-electron chi connectivity index (χ2n) is 5.91. The van der Waals surface area contributed by atoms with E-state index in [1.807, 2.05) is 24.3 Å². The van der Waals surface area contributed by atoms with Gasteiger partial charge < -0.3 is 20.5 Å². The zero-order valence-electron chi connectivity index (χ0n) is 15.0. The molecule has 0 aliphatic heterocycles. The standard InChI is InChI=1S/C21H21N3O3/c1-2-15-5-3-6-18(13-15)27-14-20(26)24-19-7-4-12-22-21(19)23-16-8-10-17(25)11-9-16/h3-13,25H,2,14H2,1H3,(H,22,23)(H,24,26). The number of nitrogens with one attached hydrogen (secondary N) is 2. The Hall–Kier alpha value is -3.54. The van der Waals surface area contributed by atoms with Gasteiger partial charge in [0.15, 0.2) is 12.4 Å². The molecule has 1 heterocycles. The fraction of sp³-hybridized carbons (Fsp3) is 0.143. The molecular formula is C21H21N3O3. The smallest absolute Gasteiger partial charge is 0.262 e. The van der Waals surface area contributed by atoms with Gasteiger partial charge in [-0.3, -0.25) is 4.79 Å². The first-order valence-electron chi connectivity index (χ1n) is 8.66. The summed E-state index contributed by atoms with van der Waals surface area (Å²) >= 11 is 0. The maximum absolute atomic E-state index is 12.3. The first kappa shape index (κ1) is 18.3. The Labute approximate surface area is 157 Å². The van der Waals surface area contributed by atoms with Crippen LogP contribution in [0.4, 0.5) is 17.2 Å². The Morgan fingerprint density at radius 1 is 1.11 bits per heavy atom. The predicted molar refractivity (Wildman–Crippen MR) is 106 cm³/mol. The summed E-state index contributed by atoms with van der Waals surface area (Å²) in [6.07, 6.45) is 2.54. The first-order chi connectivity index (χ1) is 13.1. The molecule has 27 heavy (non-hydrogen) atoms. The van der Waals surface area contributed by atoms with E-state index in [0.717, 1.165) is 17.7 Å². The molecule has 0 unspecified atom stereocenters. The number of phenolic OH excluding ortho intramolecular Hbond substituents is 1. The molecule has 0 fully saturated rings. The predicted octanol–water partition coefficient (Wildman–Crippen LogP) is 4.11. The summed E-state index contributed by atoms with van der Waals surface area (Å²) in [6.45, 7) is 1.97. The van der Waals surface area contributed by atoms with Crippen LogP contribution < -0.4 is 15.4 Å². The maximum atomic E-state index is 12.3. The third-order valence-corrected chi connectivity index (χ3v) is 3.89. The summed E-state index contributed by atoms with van der Waals surface area (Å²) in [5, 5.41) is 15.3. The molecular weight excluding hydrogens is 342 g/mol. The minimum absolute atomic E-state index is 0.0965. The Balaban J connectivity index is 1.62. The third kappa shape index (κ3) is 5.22. The largest absolute Gasteiger partial charge is 0.508 e. The maximum Gasteiger partial charge on any atom is 0.262 e. The normalized spacial score (nSPS) is 10.3. The van der Waals surface area contributed by atoms with Crippen LogP contribution in [0.3, 0.4) is 0 Å². The van der Waals surface area contributed by atoms with Crippen molar-refractivity contribution in [2.45, 2.75) is 13.3 Å². The van der Waals surface area contributed by atoms with E-state index in [9.17, 15) is 9.90 Å². The van der Waals surface area contributed by atoms with Crippen LogP contribution in [-0.2, 0) is 11.2 Å². The van der Waals surface area contributed by atoms with Crippen molar-refractivity contribution in [1.82, 2.24) is 4.98 Å². The third-order valence-electron chi connectivity index (χ3n) is 3.89. The molecule has 0 bridgehead atoms. The quantitative estimate of drug-likeness (QED) is 0.550. The van der Waals surface area contributed by atoms with Crippen molar-refractivity contribution in [1.29, 1.82) is 0 Å². The lowest BCUT2D eigenvalue weighted by Crippen LogP contribution is -2.21. The van der Waals surface area contributed by atoms with Gasteiger partial charge in [-0.1, -0.05) is 19.1 Å². The van der Waals surface area contributed by atoms with E-state index in [2.05, 4.69) is 22.5 Å². The van der Waals surface area contributed by atoms with Crippen molar-refractivity contribution in [3.05, 3.63) is 72.4 Å². The van der Waals surface area contributed by atoms with Gasteiger partial charge in [0.2, 0.25) is 0 Å². The number of anilines is 3. The lowest BCUT2D eigenvalue weighted by molar-refractivity contribution is -0.118. The van der Waals surface area contributed by atoms with Gasteiger partial charge in [-0.25, -0.2) is 4.98 Å². The number of nitrogens with zero attached hydrogens (tertiary/aromatic N) is 1. The molecule has 0 saturated carbocycles. The number of hydrogen-bond acceptors (Lipinski definition) is 5. The van der Waals surface area contributed by atoms with Gasteiger partial charge in [-0.05, 0) is 60.5 Å². The number of aromatic nitrogens is 1. The number of hydrogen-bond donors (Lipinski definition) is 3. The van der Waals surface area contributed by atoms with Crippen LogP contribution in [0.2, 0.25) is 0 Å². The Kier molecular flexibility index (Phi) is 5.89. The molecule has 1 amide bonds. The highest BCUT2D eigenvalue weighted by molar-refractivity contribution is 5.95. The fourth-order valence-electron chi connectivity index (χ4n) is 2.48. The number of ether oxygens (including phenoxy) is 1. The summed E-state index contributed by atoms with van der Waals surface area (Å²) in [5.74, 6) is 1.07. The van der Waals surface area contributed by atoms with Crippen LogP contribution in [0, 0.1) is 0 Å². The van der Waals surface area contributed by atoms with Crippen LogP contribution >= 0.6 is 0 Å². The van der Waals surface area contributed by atoms with Gasteiger partial charge in [0, 0.05) is 11.9 Å².